The second-order valence-electron chi connectivity index (χ2n) is 4.85. The van der Waals surface area contributed by atoms with E-state index >= 15 is 0 Å². The first-order chi connectivity index (χ1) is 9.75. The van der Waals surface area contributed by atoms with Crippen molar-refractivity contribution in [3.8, 4) is 0 Å². The van der Waals surface area contributed by atoms with Gasteiger partial charge in [-0.15, -0.1) is 0 Å². The highest BCUT2D eigenvalue weighted by atomic mass is 16.2. The maximum absolute atomic E-state index is 12.6. The van der Waals surface area contributed by atoms with Crippen LogP contribution in [-0.4, -0.2) is 31.8 Å². The molecule has 2 heterocycles. The fraction of sp³-hybridized carbons (Fsp3) is 0.286. The Hall–Kier alpha value is -2.50. The molecule has 0 aromatic carbocycles. The standard InChI is InChI=1S/C14H15N5O/c15-13-12(7-17-9-18-13)14(20)19(11-3-4-11)8-10-2-1-5-16-6-10/h1-2,5-7,9,11H,3-4,8H2,(H2,15,17,18). The van der Waals surface area contributed by atoms with Crippen molar-refractivity contribution in [2.75, 3.05) is 5.73 Å². The quantitative estimate of drug-likeness (QED) is 0.903. The van der Waals surface area contributed by atoms with Gasteiger partial charge in [0.15, 0.2) is 0 Å². The van der Waals surface area contributed by atoms with Crippen molar-refractivity contribution in [2.45, 2.75) is 25.4 Å². The second-order valence-corrected chi connectivity index (χ2v) is 4.85. The Bertz CT molecular complexity index is 612. The Morgan fingerprint density at radius 3 is 2.85 bits per heavy atom. The van der Waals surface area contributed by atoms with Gasteiger partial charge in [0.05, 0.1) is 0 Å². The summed E-state index contributed by atoms with van der Waals surface area (Å²) in [6.07, 6.45) is 8.36. The zero-order chi connectivity index (χ0) is 13.9. The molecule has 1 aliphatic rings. The number of nitrogens with zero attached hydrogens (tertiary/aromatic N) is 4. The van der Waals surface area contributed by atoms with E-state index in [0.717, 1.165) is 18.4 Å². The van der Waals surface area contributed by atoms with Gasteiger partial charge >= 0.3 is 0 Å². The molecule has 2 aromatic rings. The summed E-state index contributed by atoms with van der Waals surface area (Å²) in [5.41, 5.74) is 7.13. The lowest BCUT2D eigenvalue weighted by Crippen LogP contribution is -2.33. The van der Waals surface area contributed by atoms with Gasteiger partial charge in [-0.3, -0.25) is 9.78 Å². The average Bonchev–Trinajstić information content (AvgIpc) is 3.30. The van der Waals surface area contributed by atoms with E-state index in [1.165, 1.54) is 12.5 Å². The van der Waals surface area contributed by atoms with Crippen molar-refractivity contribution >= 4 is 11.7 Å². The van der Waals surface area contributed by atoms with Gasteiger partial charge in [0.2, 0.25) is 0 Å². The molecule has 0 atom stereocenters. The van der Waals surface area contributed by atoms with Crippen molar-refractivity contribution < 1.29 is 4.79 Å². The summed E-state index contributed by atoms with van der Waals surface area (Å²) >= 11 is 0. The van der Waals surface area contributed by atoms with E-state index in [-0.39, 0.29) is 17.8 Å². The number of hydrogen-bond donors (Lipinski definition) is 1. The molecule has 1 aliphatic carbocycles. The molecule has 20 heavy (non-hydrogen) atoms. The van der Waals surface area contributed by atoms with Crippen LogP contribution in [0.25, 0.3) is 0 Å². The zero-order valence-electron chi connectivity index (χ0n) is 10.9. The lowest BCUT2D eigenvalue weighted by atomic mass is 10.2. The largest absolute Gasteiger partial charge is 0.383 e. The molecule has 1 amide bonds. The molecule has 1 fully saturated rings. The molecule has 0 radical (unpaired) electrons. The van der Waals surface area contributed by atoms with Crippen molar-refractivity contribution in [3.63, 3.8) is 0 Å². The van der Waals surface area contributed by atoms with Gasteiger partial charge in [0.1, 0.15) is 17.7 Å². The van der Waals surface area contributed by atoms with E-state index in [9.17, 15) is 4.79 Å². The first-order valence-electron chi connectivity index (χ1n) is 6.51. The van der Waals surface area contributed by atoms with Crippen LogP contribution >= 0.6 is 0 Å². The van der Waals surface area contributed by atoms with E-state index in [1.807, 2.05) is 17.0 Å². The summed E-state index contributed by atoms with van der Waals surface area (Å²) < 4.78 is 0. The van der Waals surface area contributed by atoms with Gasteiger partial charge in [-0.05, 0) is 24.5 Å². The molecule has 2 aromatic heterocycles. The summed E-state index contributed by atoms with van der Waals surface area (Å²) in [5, 5.41) is 0. The van der Waals surface area contributed by atoms with Crippen LogP contribution in [0.4, 0.5) is 5.82 Å². The molecule has 6 heteroatoms. The minimum Gasteiger partial charge on any atom is -0.383 e. The fourth-order valence-electron chi connectivity index (χ4n) is 2.10. The fourth-order valence-corrected chi connectivity index (χ4v) is 2.10. The predicted octanol–water partition coefficient (Wildman–Crippen LogP) is 1.26. The van der Waals surface area contributed by atoms with E-state index in [1.54, 1.807) is 12.4 Å². The monoisotopic (exact) mass is 269 g/mol. The second kappa shape index (κ2) is 5.24. The van der Waals surface area contributed by atoms with Crippen LogP contribution in [0, 0.1) is 0 Å². The molecule has 2 N–H and O–H groups in total. The van der Waals surface area contributed by atoms with Crippen molar-refractivity contribution in [2.24, 2.45) is 0 Å². The third-order valence-electron chi connectivity index (χ3n) is 3.30. The highest BCUT2D eigenvalue weighted by Gasteiger charge is 2.34. The first-order valence-corrected chi connectivity index (χ1v) is 6.51. The Balaban J connectivity index is 1.84. The SMILES string of the molecule is Nc1ncncc1C(=O)N(Cc1cccnc1)C1CC1. The number of nitrogens with two attached hydrogens (primary N) is 1. The van der Waals surface area contributed by atoms with Crippen LogP contribution < -0.4 is 5.73 Å². The van der Waals surface area contributed by atoms with Crippen LogP contribution in [0.5, 0.6) is 0 Å². The molecular formula is C14H15N5O. The van der Waals surface area contributed by atoms with E-state index < -0.39 is 0 Å². The van der Waals surface area contributed by atoms with Gasteiger partial charge in [-0.2, -0.15) is 0 Å². The number of anilines is 1. The van der Waals surface area contributed by atoms with E-state index in [0.29, 0.717) is 12.1 Å². The Morgan fingerprint density at radius 2 is 2.20 bits per heavy atom. The number of aromatic nitrogens is 3. The third kappa shape index (κ3) is 2.59. The number of rotatable bonds is 4. The molecule has 0 bridgehead atoms. The predicted molar refractivity (Wildman–Crippen MR) is 73.6 cm³/mol. The minimum atomic E-state index is -0.116. The van der Waals surface area contributed by atoms with Crippen molar-refractivity contribution in [3.05, 3.63) is 48.2 Å². The number of pyridine rings is 1. The number of hydrogen-bond acceptors (Lipinski definition) is 5. The average molecular weight is 269 g/mol. The number of carbonyl (C=O) groups is 1. The Labute approximate surface area is 116 Å². The van der Waals surface area contributed by atoms with Gasteiger partial charge in [-0.25, -0.2) is 9.97 Å². The molecule has 0 aliphatic heterocycles. The summed E-state index contributed by atoms with van der Waals surface area (Å²) in [7, 11) is 0. The summed E-state index contributed by atoms with van der Waals surface area (Å²) in [5.74, 6) is 0.108. The van der Waals surface area contributed by atoms with Gasteiger partial charge < -0.3 is 10.6 Å². The molecular weight excluding hydrogens is 254 g/mol. The first kappa shape index (κ1) is 12.5. The highest BCUT2D eigenvalue weighted by molar-refractivity contribution is 5.98. The minimum absolute atomic E-state index is 0.116. The van der Waals surface area contributed by atoms with Crippen LogP contribution in [-0.2, 0) is 6.54 Å². The lowest BCUT2D eigenvalue weighted by molar-refractivity contribution is 0.0730. The van der Waals surface area contributed by atoms with E-state index in [2.05, 4.69) is 15.0 Å². The van der Waals surface area contributed by atoms with Crippen LogP contribution in [0.3, 0.4) is 0 Å². The van der Waals surface area contributed by atoms with Gasteiger partial charge in [0.25, 0.3) is 5.91 Å². The Kier molecular flexibility index (Phi) is 3.28. The maximum Gasteiger partial charge on any atom is 0.259 e. The summed E-state index contributed by atoms with van der Waals surface area (Å²) in [4.78, 5) is 26.3. The van der Waals surface area contributed by atoms with Gasteiger partial charge in [-0.1, -0.05) is 6.07 Å². The molecule has 0 saturated heterocycles. The van der Waals surface area contributed by atoms with Crippen molar-refractivity contribution in [1.82, 2.24) is 19.9 Å². The number of amides is 1. The van der Waals surface area contributed by atoms with Crippen LogP contribution in [0.1, 0.15) is 28.8 Å². The smallest absolute Gasteiger partial charge is 0.259 e. The topological polar surface area (TPSA) is 85.0 Å². The van der Waals surface area contributed by atoms with Crippen LogP contribution in [0.15, 0.2) is 37.1 Å². The maximum atomic E-state index is 12.6. The van der Waals surface area contributed by atoms with Gasteiger partial charge in [0, 0.05) is 31.2 Å². The number of carbonyl (C=O) groups excluding carboxylic acids is 1. The molecule has 1 saturated carbocycles. The highest BCUT2D eigenvalue weighted by Crippen LogP contribution is 2.30. The van der Waals surface area contributed by atoms with Crippen molar-refractivity contribution in [1.29, 1.82) is 0 Å². The summed E-state index contributed by atoms with van der Waals surface area (Å²) in [6, 6.07) is 4.10. The molecule has 3 rings (SSSR count). The lowest BCUT2D eigenvalue weighted by Gasteiger charge is -2.22. The zero-order valence-corrected chi connectivity index (χ0v) is 10.9. The van der Waals surface area contributed by atoms with Crippen LogP contribution in [0.2, 0.25) is 0 Å². The molecule has 102 valence electrons. The molecule has 0 unspecified atom stereocenters. The number of nitrogen functional groups attached to an aromatic ring is 1. The Morgan fingerprint density at radius 1 is 1.35 bits per heavy atom. The summed E-state index contributed by atoms with van der Waals surface area (Å²) in [6.45, 7) is 0.533. The van der Waals surface area contributed by atoms with E-state index in [4.69, 9.17) is 5.73 Å². The normalized spacial score (nSPS) is 14.0. The molecule has 0 spiro atoms. The molecule has 6 nitrogen and oxygen atoms in total. The third-order valence-corrected chi connectivity index (χ3v) is 3.30.